The smallest absolute Gasteiger partial charge is 0.244 e. The Hall–Kier alpha value is -2.98. The number of benzene rings is 2. The van der Waals surface area contributed by atoms with Gasteiger partial charge >= 0.3 is 0 Å². The lowest BCUT2D eigenvalue weighted by Gasteiger charge is -2.32. The van der Waals surface area contributed by atoms with E-state index in [1.165, 1.54) is 31.3 Å². The fraction of sp³-hybridized carbons (Fsp3) is 0.440. The van der Waals surface area contributed by atoms with Crippen molar-refractivity contribution < 1.29 is 27.5 Å². The van der Waals surface area contributed by atoms with Crippen LogP contribution in [0.4, 0.5) is 5.69 Å². The lowest BCUT2D eigenvalue weighted by molar-refractivity contribution is -0.139. The van der Waals surface area contributed by atoms with Gasteiger partial charge in [0.05, 0.1) is 26.2 Å². The van der Waals surface area contributed by atoms with Crippen molar-refractivity contribution in [2.75, 3.05) is 31.3 Å². The number of ether oxygens (including phenoxy) is 2. The largest absolute Gasteiger partial charge is 0.497 e. The third-order valence-electron chi connectivity index (χ3n) is 5.77. The predicted octanol–water partition coefficient (Wildman–Crippen LogP) is 3.46. The summed E-state index contributed by atoms with van der Waals surface area (Å²) in [5.74, 6) is -0.200. The number of carbonyl (C=O) groups is 2. The van der Waals surface area contributed by atoms with Crippen molar-refractivity contribution in [2.24, 2.45) is 0 Å². The van der Waals surface area contributed by atoms with E-state index in [2.05, 4.69) is 5.32 Å². The minimum absolute atomic E-state index is 0.0801. The highest BCUT2D eigenvalue weighted by Crippen LogP contribution is 2.33. The molecule has 9 nitrogen and oxygen atoms in total. The molecule has 0 aliphatic heterocycles. The Bertz CT molecular complexity index is 1160. The summed E-state index contributed by atoms with van der Waals surface area (Å²) < 4.78 is 37.1. The molecule has 2 aromatic carbocycles. The van der Waals surface area contributed by atoms with Crippen molar-refractivity contribution in [3.05, 3.63) is 53.1 Å². The van der Waals surface area contributed by atoms with Crippen LogP contribution in [0.15, 0.2) is 42.5 Å². The van der Waals surface area contributed by atoms with E-state index in [4.69, 9.17) is 21.1 Å². The summed E-state index contributed by atoms with van der Waals surface area (Å²) in [4.78, 5) is 27.9. The fourth-order valence-corrected chi connectivity index (χ4v) is 4.40. The lowest BCUT2D eigenvalue weighted by Crippen LogP contribution is -2.52. The molecule has 0 heterocycles. The second-order valence-electron chi connectivity index (χ2n) is 8.45. The Labute approximate surface area is 218 Å². The summed E-state index contributed by atoms with van der Waals surface area (Å²) in [5, 5.41) is 3.42. The van der Waals surface area contributed by atoms with Crippen molar-refractivity contribution in [3.8, 4) is 11.5 Å². The van der Waals surface area contributed by atoms with Crippen molar-refractivity contribution in [1.29, 1.82) is 0 Å². The molecule has 0 bridgehead atoms. The molecule has 1 N–H and O–H groups in total. The summed E-state index contributed by atoms with van der Waals surface area (Å²) in [6.45, 7) is 4.98. The van der Waals surface area contributed by atoms with Crippen LogP contribution in [0.5, 0.6) is 11.5 Å². The third kappa shape index (κ3) is 7.76. The van der Waals surface area contributed by atoms with E-state index in [0.717, 1.165) is 22.5 Å². The van der Waals surface area contributed by atoms with E-state index in [1.807, 2.05) is 13.8 Å². The molecule has 0 saturated carbocycles. The topological polar surface area (TPSA) is 105 Å². The summed E-state index contributed by atoms with van der Waals surface area (Å²) in [6, 6.07) is 10.6. The van der Waals surface area contributed by atoms with Crippen LogP contribution >= 0.6 is 11.6 Å². The first-order chi connectivity index (χ1) is 16.9. The van der Waals surface area contributed by atoms with Gasteiger partial charge in [0, 0.05) is 23.7 Å². The van der Waals surface area contributed by atoms with Gasteiger partial charge < -0.3 is 19.7 Å². The predicted molar refractivity (Wildman–Crippen MR) is 141 cm³/mol. The zero-order chi connectivity index (χ0) is 27.0. The van der Waals surface area contributed by atoms with Gasteiger partial charge in [-0.1, -0.05) is 30.7 Å². The molecule has 11 heteroatoms. The van der Waals surface area contributed by atoms with Crippen LogP contribution in [0, 0.1) is 0 Å². The quantitative estimate of drug-likeness (QED) is 0.443. The zero-order valence-corrected chi connectivity index (χ0v) is 23.0. The lowest BCUT2D eigenvalue weighted by atomic mass is 10.1. The van der Waals surface area contributed by atoms with Crippen LogP contribution in [0.3, 0.4) is 0 Å². The van der Waals surface area contributed by atoms with E-state index in [-0.39, 0.29) is 29.9 Å². The number of amides is 2. The van der Waals surface area contributed by atoms with Crippen LogP contribution in [0.1, 0.15) is 32.8 Å². The Kier molecular flexibility index (Phi) is 10.4. The second-order valence-corrected chi connectivity index (χ2v) is 10.8. The van der Waals surface area contributed by atoms with Gasteiger partial charge in [-0.05, 0) is 50.1 Å². The Morgan fingerprint density at radius 1 is 1.06 bits per heavy atom. The van der Waals surface area contributed by atoms with Crippen LogP contribution < -0.4 is 19.1 Å². The standard InChI is InChI=1S/C25H34ClN3O6S/c1-7-17(2)27-25(31)18(3)28(15-19-8-10-20(26)11-9-19)24(30)16-29(36(6,32)33)22-13-12-21(34-4)14-23(22)35-5/h8-14,17-18H,7,15-16H2,1-6H3,(H,27,31)/t17-,18+/m1/s1. The molecule has 0 unspecified atom stereocenters. The van der Waals surface area contributed by atoms with E-state index in [0.29, 0.717) is 10.8 Å². The number of anilines is 1. The molecule has 198 valence electrons. The van der Waals surface area contributed by atoms with E-state index in [1.54, 1.807) is 37.3 Å². The highest BCUT2D eigenvalue weighted by Gasteiger charge is 2.31. The molecular formula is C25H34ClN3O6S. The maximum absolute atomic E-state index is 13.6. The summed E-state index contributed by atoms with van der Waals surface area (Å²) >= 11 is 6.00. The SMILES string of the molecule is CC[C@@H](C)NC(=O)[C@H](C)N(Cc1ccc(Cl)cc1)C(=O)CN(c1ccc(OC)cc1OC)S(C)(=O)=O. The molecule has 0 aliphatic carbocycles. The van der Waals surface area contributed by atoms with Gasteiger partial charge in [-0.25, -0.2) is 8.42 Å². The first-order valence-electron chi connectivity index (χ1n) is 11.4. The summed E-state index contributed by atoms with van der Waals surface area (Å²) in [7, 11) is -1.02. The molecule has 0 aliphatic rings. The normalized spacial score (nSPS) is 12.9. The molecule has 36 heavy (non-hydrogen) atoms. The molecule has 0 fully saturated rings. The number of methoxy groups -OCH3 is 2. The summed E-state index contributed by atoms with van der Waals surface area (Å²) in [6.07, 6.45) is 1.73. The zero-order valence-electron chi connectivity index (χ0n) is 21.4. The first-order valence-corrected chi connectivity index (χ1v) is 13.7. The highest BCUT2D eigenvalue weighted by molar-refractivity contribution is 7.92. The molecule has 0 saturated heterocycles. The van der Waals surface area contributed by atoms with Crippen molar-refractivity contribution in [3.63, 3.8) is 0 Å². The average Bonchev–Trinajstić information content (AvgIpc) is 2.85. The van der Waals surface area contributed by atoms with Crippen LogP contribution in [-0.2, 0) is 26.2 Å². The van der Waals surface area contributed by atoms with E-state index >= 15 is 0 Å². The number of hydrogen-bond acceptors (Lipinski definition) is 6. The van der Waals surface area contributed by atoms with Gasteiger partial charge in [0.25, 0.3) is 0 Å². The molecule has 2 atom stereocenters. The second kappa shape index (κ2) is 12.8. The van der Waals surface area contributed by atoms with Gasteiger partial charge in [-0.3, -0.25) is 13.9 Å². The highest BCUT2D eigenvalue weighted by atomic mass is 35.5. The number of rotatable bonds is 12. The number of nitrogens with zero attached hydrogens (tertiary/aromatic N) is 2. The monoisotopic (exact) mass is 539 g/mol. The first kappa shape index (κ1) is 29.3. The number of nitrogens with one attached hydrogen (secondary N) is 1. The number of halogens is 1. The van der Waals surface area contributed by atoms with Crippen molar-refractivity contribution in [1.82, 2.24) is 10.2 Å². The summed E-state index contributed by atoms with van der Waals surface area (Å²) in [5.41, 5.74) is 0.918. The maximum Gasteiger partial charge on any atom is 0.244 e. The fourth-order valence-electron chi connectivity index (χ4n) is 3.42. The Morgan fingerprint density at radius 2 is 1.69 bits per heavy atom. The van der Waals surface area contributed by atoms with E-state index in [9.17, 15) is 18.0 Å². The molecule has 2 aromatic rings. The minimum atomic E-state index is -3.90. The number of carbonyl (C=O) groups excluding carboxylic acids is 2. The molecule has 0 radical (unpaired) electrons. The number of sulfonamides is 1. The Morgan fingerprint density at radius 3 is 2.22 bits per heavy atom. The van der Waals surface area contributed by atoms with Crippen LogP contribution in [0.2, 0.25) is 5.02 Å². The van der Waals surface area contributed by atoms with Crippen molar-refractivity contribution >= 4 is 39.1 Å². The Balaban J connectivity index is 2.45. The van der Waals surface area contributed by atoms with E-state index < -0.39 is 28.5 Å². The average molecular weight is 540 g/mol. The van der Waals surface area contributed by atoms with Crippen molar-refractivity contribution in [2.45, 2.75) is 45.8 Å². The van der Waals surface area contributed by atoms with Gasteiger partial charge in [0.2, 0.25) is 21.8 Å². The molecule has 0 spiro atoms. The van der Waals surface area contributed by atoms with Gasteiger partial charge in [0.1, 0.15) is 24.1 Å². The van der Waals surface area contributed by atoms with Crippen LogP contribution in [0.25, 0.3) is 0 Å². The van der Waals surface area contributed by atoms with Gasteiger partial charge in [-0.15, -0.1) is 0 Å². The minimum Gasteiger partial charge on any atom is -0.497 e. The number of hydrogen-bond donors (Lipinski definition) is 1. The van der Waals surface area contributed by atoms with Gasteiger partial charge in [-0.2, -0.15) is 0 Å². The maximum atomic E-state index is 13.6. The molecule has 2 amide bonds. The molecular weight excluding hydrogens is 506 g/mol. The molecule has 2 rings (SSSR count). The van der Waals surface area contributed by atoms with Crippen LogP contribution in [-0.4, -0.2) is 64.2 Å². The molecule has 0 aromatic heterocycles. The third-order valence-corrected chi connectivity index (χ3v) is 7.15. The van der Waals surface area contributed by atoms with Gasteiger partial charge in [0.15, 0.2) is 0 Å².